The minimum absolute atomic E-state index is 0.847. The van der Waals surface area contributed by atoms with Crippen molar-refractivity contribution in [3.63, 3.8) is 0 Å². The van der Waals surface area contributed by atoms with Gasteiger partial charge in [0.2, 0.25) is 0 Å². The van der Waals surface area contributed by atoms with Crippen LogP contribution in [0, 0.1) is 6.92 Å². The lowest BCUT2D eigenvalue weighted by atomic mass is 9.87. The molecule has 98 valence electrons. The SMILES string of the molecule is C=C1CCCc2c(S)cc(Cn3ccnc3C)cc21. The number of nitrogens with zero attached hydrogens (tertiary/aromatic N) is 2. The van der Waals surface area contributed by atoms with Crippen LogP contribution in [0.15, 0.2) is 36.0 Å². The standard InChI is InChI=1S/C16H18N2S/c1-11-4-3-5-14-15(11)8-13(9-16(14)19)10-18-7-6-17-12(18)2/h6-9,19H,1,3-5,10H2,2H3. The van der Waals surface area contributed by atoms with Crippen LogP contribution < -0.4 is 0 Å². The Morgan fingerprint density at radius 3 is 2.95 bits per heavy atom. The molecule has 0 N–H and O–H groups in total. The first kappa shape index (κ1) is 12.5. The number of aryl methyl sites for hydroxylation is 1. The van der Waals surface area contributed by atoms with Crippen molar-refractivity contribution in [2.24, 2.45) is 0 Å². The molecule has 0 unspecified atom stereocenters. The van der Waals surface area contributed by atoms with Crippen LogP contribution in [0.1, 0.15) is 35.4 Å². The number of rotatable bonds is 2. The number of hydrogen-bond acceptors (Lipinski definition) is 2. The van der Waals surface area contributed by atoms with Crippen LogP contribution in [0.3, 0.4) is 0 Å². The summed E-state index contributed by atoms with van der Waals surface area (Å²) in [6.07, 6.45) is 7.28. The van der Waals surface area contributed by atoms with Gasteiger partial charge in [-0.2, -0.15) is 0 Å². The fourth-order valence-corrected chi connectivity index (χ4v) is 3.16. The van der Waals surface area contributed by atoms with E-state index in [1.165, 1.54) is 28.7 Å². The number of thiol groups is 1. The maximum atomic E-state index is 4.66. The minimum Gasteiger partial charge on any atom is -0.331 e. The Kier molecular flexibility index (Phi) is 3.23. The molecule has 3 heteroatoms. The van der Waals surface area contributed by atoms with Crippen molar-refractivity contribution in [2.75, 3.05) is 0 Å². The van der Waals surface area contributed by atoms with Crippen LogP contribution in [0.25, 0.3) is 5.57 Å². The third-order valence-corrected chi connectivity index (χ3v) is 4.25. The van der Waals surface area contributed by atoms with Crippen molar-refractivity contribution in [1.29, 1.82) is 0 Å². The van der Waals surface area contributed by atoms with Crippen LogP contribution in [0.4, 0.5) is 0 Å². The molecule has 3 rings (SSSR count). The smallest absolute Gasteiger partial charge is 0.105 e. The van der Waals surface area contributed by atoms with Gasteiger partial charge in [0.1, 0.15) is 5.82 Å². The Morgan fingerprint density at radius 2 is 2.21 bits per heavy atom. The normalized spacial score (nSPS) is 14.5. The average Bonchev–Trinajstić information content (AvgIpc) is 2.77. The molecule has 1 aromatic carbocycles. The molecule has 2 aromatic rings. The second-order valence-electron chi connectivity index (χ2n) is 5.20. The van der Waals surface area contributed by atoms with Gasteiger partial charge in [-0.1, -0.05) is 6.58 Å². The molecular weight excluding hydrogens is 252 g/mol. The highest BCUT2D eigenvalue weighted by Crippen LogP contribution is 2.34. The lowest BCUT2D eigenvalue weighted by molar-refractivity contribution is 0.753. The highest BCUT2D eigenvalue weighted by atomic mass is 32.1. The molecule has 1 heterocycles. The molecule has 0 atom stereocenters. The lowest BCUT2D eigenvalue weighted by Gasteiger charge is -2.21. The summed E-state index contributed by atoms with van der Waals surface area (Å²) in [5, 5.41) is 0. The van der Waals surface area contributed by atoms with Gasteiger partial charge in [0.25, 0.3) is 0 Å². The average molecular weight is 270 g/mol. The fourth-order valence-electron chi connectivity index (χ4n) is 2.77. The second kappa shape index (κ2) is 4.89. The number of hydrogen-bond donors (Lipinski definition) is 1. The van der Waals surface area contributed by atoms with Gasteiger partial charge in [-0.15, -0.1) is 12.6 Å². The van der Waals surface area contributed by atoms with Crippen LogP contribution >= 0.6 is 12.6 Å². The number of aromatic nitrogens is 2. The second-order valence-corrected chi connectivity index (χ2v) is 5.68. The molecule has 19 heavy (non-hydrogen) atoms. The molecule has 1 aliphatic rings. The number of allylic oxidation sites excluding steroid dienone is 1. The Balaban J connectivity index is 2.00. The Labute approximate surface area is 119 Å². The summed E-state index contributed by atoms with van der Waals surface area (Å²) in [7, 11) is 0. The highest BCUT2D eigenvalue weighted by Gasteiger charge is 2.16. The van der Waals surface area contributed by atoms with E-state index in [4.69, 9.17) is 0 Å². The maximum Gasteiger partial charge on any atom is 0.105 e. The molecule has 0 amide bonds. The summed E-state index contributed by atoms with van der Waals surface area (Å²) in [5.74, 6) is 1.04. The summed E-state index contributed by atoms with van der Waals surface area (Å²) < 4.78 is 2.15. The molecule has 0 saturated heterocycles. The van der Waals surface area contributed by atoms with E-state index in [-0.39, 0.29) is 0 Å². The molecule has 1 aromatic heterocycles. The molecule has 0 saturated carbocycles. The van der Waals surface area contributed by atoms with Gasteiger partial charge in [-0.3, -0.25) is 0 Å². The topological polar surface area (TPSA) is 17.8 Å². The van der Waals surface area contributed by atoms with Crippen molar-refractivity contribution in [3.8, 4) is 0 Å². The van der Waals surface area contributed by atoms with Gasteiger partial charge in [-0.05, 0) is 60.6 Å². The molecular formula is C16H18N2S. The highest BCUT2D eigenvalue weighted by molar-refractivity contribution is 7.80. The van der Waals surface area contributed by atoms with E-state index in [0.717, 1.165) is 30.1 Å². The monoisotopic (exact) mass is 270 g/mol. The minimum atomic E-state index is 0.847. The van der Waals surface area contributed by atoms with Gasteiger partial charge < -0.3 is 4.57 Å². The summed E-state index contributed by atoms with van der Waals surface area (Å²) in [4.78, 5) is 5.37. The van der Waals surface area contributed by atoms with Crippen LogP contribution in [0.2, 0.25) is 0 Å². The van der Waals surface area contributed by atoms with Crippen molar-refractivity contribution in [2.45, 2.75) is 37.6 Å². The largest absolute Gasteiger partial charge is 0.331 e. The first-order chi connectivity index (χ1) is 9.15. The summed E-state index contributed by atoms with van der Waals surface area (Å²) in [6, 6.07) is 4.45. The summed E-state index contributed by atoms with van der Waals surface area (Å²) in [5.41, 5.74) is 5.20. The van der Waals surface area contributed by atoms with E-state index in [2.05, 4.69) is 40.9 Å². The van der Waals surface area contributed by atoms with Crippen molar-refractivity contribution >= 4 is 18.2 Å². The van der Waals surface area contributed by atoms with Crippen LogP contribution in [-0.2, 0) is 13.0 Å². The van der Waals surface area contributed by atoms with Gasteiger partial charge in [0.15, 0.2) is 0 Å². The van der Waals surface area contributed by atoms with Gasteiger partial charge in [-0.25, -0.2) is 4.98 Å². The molecule has 0 aliphatic heterocycles. The van der Waals surface area contributed by atoms with E-state index < -0.39 is 0 Å². The van der Waals surface area contributed by atoms with Gasteiger partial charge >= 0.3 is 0 Å². The zero-order valence-electron chi connectivity index (χ0n) is 11.2. The zero-order chi connectivity index (χ0) is 13.4. The number of benzene rings is 1. The molecule has 2 nitrogen and oxygen atoms in total. The fraction of sp³-hybridized carbons (Fsp3) is 0.312. The predicted molar refractivity (Wildman–Crippen MR) is 81.7 cm³/mol. The van der Waals surface area contributed by atoms with Crippen molar-refractivity contribution in [1.82, 2.24) is 9.55 Å². The third-order valence-electron chi connectivity index (χ3n) is 3.85. The quantitative estimate of drug-likeness (QED) is 0.820. The molecule has 1 aliphatic carbocycles. The van der Waals surface area contributed by atoms with E-state index >= 15 is 0 Å². The molecule has 0 spiro atoms. The van der Waals surface area contributed by atoms with E-state index in [1.54, 1.807) is 0 Å². The summed E-state index contributed by atoms with van der Waals surface area (Å²) in [6.45, 7) is 7.07. The van der Waals surface area contributed by atoms with Crippen LogP contribution in [-0.4, -0.2) is 9.55 Å². The Bertz CT molecular complexity index is 640. The van der Waals surface area contributed by atoms with Gasteiger partial charge in [0.05, 0.1) is 0 Å². The van der Waals surface area contributed by atoms with E-state index in [9.17, 15) is 0 Å². The zero-order valence-corrected chi connectivity index (χ0v) is 12.1. The predicted octanol–water partition coefficient (Wildman–Crippen LogP) is 3.88. The van der Waals surface area contributed by atoms with E-state index in [1.807, 2.05) is 19.3 Å². The van der Waals surface area contributed by atoms with E-state index in [0.29, 0.717) is 0 Å². The lowest BCUT2D eigenvalue weighted by Crippen LogP contribution is -2.06. The van der Waals surface area contributed by atoms with Crippen LogP contribution in [0.5, 0.6) is 0 Å². The number of imidazole rings is 1. The van der Waals surface area contributed by atoms with Crippen molar-refractivity contribution < 1.29 is 0 Å². The summed E-state index contributed by atoms with van der Waals surface area (Å²) >= 11 is 4.66. The molecule has 0 bridgehead atoms. The number of fused-ring (bicyclic) bond motifs is 1. The molecule has 0 radical (unpaired) electrons. The van der Waals surface area contributed by atoms with Crippen molar-refractivity contribution in [3.05, 3.63) is 53.6 Å². The van der Waals surface area contributed by atoms with Gasteiger partial charge in [0, 0.05) is 23.8 Å². The first-order valence-electron chi connectivity index (χ1n) is 6.66. The maximum absolute atomic E-state index is 4.66. The Hall–Kier alpha value is -1.48. The Morgan fingerprint density at radius 1 is 1.37 bits per heavy atom. The third kappa shape index (κ3) is 2.35. The first-order valence-corrected chi connectivity index (χ1v) is 7.10. The molecule has 0 fully saturated rings.